The maximum absolute atomic E-state index is 13.8. The first kappa shape index (κ1) is 33.7. The van der Waals surface area contributed by atoms with E-state index in [0.717, 1.165) is 48.3 Å². The summed E-state index contributed by atoms with van der Waals surface area (Å²) < 4.78 is 42.1. The van der Waals surface area contributed by atoms with Gasteiger partial charge in [-0.2, -0.15) is 13.2 Å². The molecule has 5 rings (SSSR count). The Morgan fingerprint density at radius 3 is 2.33 bits per heavy atom. The van der Waals surface area contributed by atoms with Crippen LogP contribution >= 0.6 is 11.3 Å². The highest BCUT2D eigenvalue weighted by Crippen LogP contribution is 2.33. The zero-order valence-corrected chi connectivity index (χ0v) is 27.8. The van der Waals surface area contributed by atoms with Gasteiger partial charge < -0.3 is 14.4 Å². The lowest BCUT2D eigenvalue weighted by atomic mass is 9.89. The minimum absolute atomic E-state index is 0.0666. The molecule has 246 valence electrons. The number of rotatable bonds is 12. The molecule has 1 fully saturated rings. The number of piperazine rings is 1. The highest BCUT2D eigenvalue weighted by molar-refractivity contribution is 7.09. The molecule has 10 heteroatoms. The summed E-state index contributed by atoms with van der Waals surface area (Å²) >= 11 is 1.71. The molecule has 1 amide bonds. The number of hydrogen-bond acceptors (Lipinski definition) is 5. The molecule has 0 aliphatic carbocycles. The highest BCUT2D eigenvalue weighted by Gasteiger charge is 2.33. The van der Waals surface area contributed by atoms with Gasteiger partial charge in [-0.15, -0.1) is 11.3 Å². The van der Waals surface area contributed by atoms with E-state index in [0.29, 0.717) is 49.9 Å². The van der Waals surface area contributed by atoms with Crippen molar-refractivity contribution >= 4 is 39.7 Å². The van der Waals surface area contributed by atoms with E-state index in [1.165, 1.54) is 10.9 Å². The first-order valence-electron chi connectivity index (χ1n) is 16.3. The van der Waals surface area contributed by atoms with E-state index in [1.807, 2.05) is 43.0 Å². The number of thiophene rings is 1. The first-order valence-corrected chi connectivity index (χ1v) is 17.1. The summed E-state index contributed by atoms with van der Waals surface area (Å²) in [6.45, 7) is 10.1. The predicted molar refractivity (Wildman–Crippen MR) is 179 cm³/mol. The van der Waals surface area contributed by atoms with Crippen LogP contribution in [0.2, 0.25) is 0 Å². The molecule has 0 bridgehead atoms. The van der Waals surface area contributed by atoms with Crippen LogP contribution in [0.3, 0.4) is 0 Å². The van der Waals surface area contributed by atoms with Crippen molar-refractivity contribution in [2.24, 2.45) is 11.8 Å². The van der Waals surface area contributed by atoms with Crippen LogP contribution < -0.4 is 4.90 Å². The first-order chi connectivity index (χ1) is 22.0. The van der Waals surface area contributed by atoms with Gasteiger partial charge in [-0.3, -0.25) is 9.59 Å². The van der Waals surface area contributed by atoms with Crippen LogP contribution in [0.4, 0.5) is 18.9 Å². The minimum atomic E-state index is -4.41. The van der Waals surface area contributed by atoms with E-state index in [9.17, 15) is 22.8 Å². The highest BCUT2D eigenvalue weighted by atomic mass is 32.1. The number of imidazole rings is 1. The average molecular weight is 653 g/mol. The second-order valence-electron chi connectivity index (χ2n) is 12.6. The maximum Gasteiger partial charge on any atom is 0.416 e. The van der Waals surface area contributed by atoms with Crippen molar-refractivity contribution in [1.82, 2.24) is 14.5 Å². The third-order valence-corrected chi connectivity index (χ3v) is 9.85. The number of hydrogen-bond donors (Lipinski definition) is 0. The number of amides is 1. The Kier molecular flexibility index (Phi) is 10.6. The summed E-state index contributed by atoms with van der Waals surface area (Å²) in [5, 5.41) is 2.07. The molecule has 0 radical (unpaired) electrons. The van der Waals surface area contributed by atoms with Crippen LogP contribution in [0.15, 0.2) is 60.0 Å². The van der Waals surface area contributed by atoms with E-state index in [1.54, 1.807) is 22.3 Å². The fourth-order valence-electron chi connectivity index (χ4n) is 6.58. The number of carbonyl (C=O) groups excluding carboxylic acids is 2. The molecule has 6 nitrogen and oxygen atoms in total. The number of ketones is 1. The van der Waals surface area contributed by atoms with Crippen molar-refractivity contribution in [1.29, 1.82) is 0 Å². The zero-order chi connectivity index (χ0) is 33.0. The monoisotopic (exact) mass is 652 g/mol. The number of carbonyl (C=O) groups is 2. The number of halogens is 3. The van der Waals surface area contributed by atoms with Crippen molar-refractivity contribution in [2.45, 2.75) is 72.0 Å². The molecule has 1 saturated heterocycles. The van der Waals surface area contributed by atoms with Crippen molar-refractivity contribution in [3.05, 3.63) is 81.8 Å². The lowest BCUT2D eigenvalue weighted by Gasteiger charge is -2.38. The molecule has 0 unspecified atom stereocenters. The number of Topliss-reactive ketones (excluding diaryl/α,β-unsaturated/α-hetero) is 1. The summed E-state index contributed by atoms with van der Waals surface area (Å²) in [5.74, 6) is 0.585. The van der Waals surface area contributed by atoms with Crippen LogP contribution in [-0.2, 0) is 17.4 Å². The molecule has 1 atom stereocenters. The molecule has 1 aliphatic heterocycles. The Morgan fingerprint density at radius 1 is 0.957 bits per heavy atom. The Hall–Kier alpha value is -3.66. The standard InChI is InChI=1S/C36H43F3N4O2S/c1-5-28(6-2)43-32-13-12-25(20-31(32)40-34(43)23-30-11-8-18-46-30)33(44)21-26(19-24(3)4)35(45)42-16-14-41(15-17-42)29-10-7-9-27(22-29)36(37,38)39/h7-13,18,20,22,24,26,28H,5-6,14-17,19,21,23H2,1-4H3/t26-/m1/s1. The Morgan fingerprint density at radius 2 is 1.70 bits per heavy atom. The van der Waals surface area contributed by atoms with Crippen LogP contribution in [-0.4, -0.2) is 52.3 Å². The van der Waals surface area contributed by atoms with E-state index in [4.69, 9.17) is 4.98 Å². The Balaban J connectivity index is 1.31. The van der Waals surface area contributed by atoms with Gasteiger partial charge in [0, 0.05) is 67.1 Å². The molecule has 46 heavy (non-hydrogen) atoms. The lowest BCUT2D eigenvalue weighted by Crippen LogP contribution is -2.50. The molecule has 0 spiro atoms. The van der Waals surface area contributed by atoms with Crippen molar-refractivity contribution in [2.75, 3.05) is 31.1 Å². The van der Waals surface area contributed by atoms with E-state index < -0.39 is 17.7 Å². The third kappa shape index (κ3) is 7.65. The molecule has 2 aromatic heterocycles. The van der Waals surface area contributed by atoms with Crippen molar-refractivity contribution < 1.29 is 22.8 Å². The number of alkyl halides is 3. The lowest BCUT2D eigenvalue weighted by molar-refractivity contribution is -0.137. The van der Waals surface area contributed by atoms with Gasteiger partial charge in [0.1, 0.15) is 5.82 Å². The molecular formula is C36H43F3N4O2S. The zero-order valence-electron chi connectivity index (χ0n) is 27.0. The van der Waals surface area contributed by atoms with Gasteiger partial charge in [-0.05, 0) is 73.0 Å². The number of anilines is 1. The van der Waals surface area contributed by atoms with Gasteiger partial charge in [0.25, 0.3) is 0 Å². The minimum Gasteiger partial charge on any atom is -0.368 e. The molecular weight excluding hydrogens is 609 g/mol. The van der Waals surface area contributed by atoms with Crippen LogP contribution in [0.25, 0.3) is 11.0 Å². The van der Waals surface area contributed by atoms with Crippen LogP contribution in [0.5, 0.6) is 0 Å². The van der Waals surface area contributed by atoms with Crippen LogP contribution in [0.1, 0.15) is 86.0 Å². The predicted octanol–water partition coefficient (Wildman–Crippen LogP) is 8.65. The van der Waals surface area contributed by atoms with Gasteiger partial charge in [0.15, 0.2) is 5.78 Å². The van der Waals surface area contributed by atoms with Gasteiger partial charge in [-0.1, -0.05) is 39.8 Å². The van der Waals surface area contributed by atoms with E-state index in [-0.39, 0.29) is 24.0 Å². The summed E-state index contributed by atoms with van der Waals surface area (Å²) in [7, 11) is 0. The number of aromatic nitrogens is 2. The summed E-state index contributed by atoms with van der Waals surface area (Å²) in [6.07, 6.45) is -1.03. The van der Waals surface area contributed by atoms with E-state index >= 15 is 0 Å². The molecule has 2 aromatic carbocycles. The fourth-order valence-corrected chi connectivity index (χ4v) is 7.28. The van der Waals surface area contributed by atoms with Gasteiger partial charge >= 0.3 is 6.18 Å². The SMILES string of the molecule is CCC(CC)n1c(Cc2cccs2)nc2cc(C(=O)C[C@@H](CC(C)C)C(=O)N3CCN(c4cccc(C(F)(F)F)c4)CC3)ccc21. The molecule has 0 saturated carbocycles. The maximum atomic E-state index is 13.8. The topological polar surface area (TPSA) is 58.4 Å². The Labute approximate surface area is 273 Å². The summed E-state index contributed by atoms with van der Waals surface area (Å²) in [6, 6.07) is 15.5. The normalized spacial score (nSPS) is 14.9. The quantitative estimate of drug-likeness (QED) is 0.144. The molecule has 1 aliphatic rings. The Bertz CT molecular complexity index is 1630. The largest absolute Gasteiger partial charge is 0.416 e. The second-order valence-corrected chi connectivity index (χ2v) is 13.7. The van der Waals surface area contributed by atoms with Crippen LogP contribution in [0, 0.1) is 11.8 Å². The second kappa shape index (κ2) is 14.4. The van der Waals surface area contributed by atoms with Gasteiger partial charge in [0.05, 0.1) is 16.6 Å². The van der Waals surface area contributed by atoms with Gasteiger partial charge in [0.2, 0.25) is 5.91 Å². The summed E-state index contributed by atoms with van der Waals surface area (Å²) in [5.41, 5.74) is 2.18. The molecule has 3 heterocycles. The third-order valence-electron chi connectivity index (χ3n) is 8.97. The number of nitrogens with zero attached hydrogens (tertiary/aromatic N) is 4. The van der Waals surface area contributed by atoms with Gasteiger partial charge in [-0.25, -0.2) is 4.98 Å². The smallest absolute Gasteiger partial charge is 0.368 e. The molecule has 4 aromatic rings. The van der Waals surface area contributed by atoms with Crippen molar-refractivity contribution in [3.8, 4) is 0 Å². The fraction of sp³-hybridized carbons (Fsp3) is 0.472. The van der Waals surface area contributed by atoms with Crippen molar-refractivity contribution in [3.63, 3.8) is 0 Å². The average Bonchev–Trinajstić information content (AvgIpc) is 3.68. The number of benzene rings is 2. The summed E-state index contributed by atoms with van der Waals surface area (Å²) in [4.78, 5) is 37.4. The number of fused-ring (bicyclic) bond motifs is 1. The molecule has 0 N–H and O–H groups in total. The van der Waals surface area contributed by atoms with E-state index in [2.05, 4.69) is 29.9 Å².